The molecule has 0 radical (unpaired) electrons. The first kappa shape index (κ1) is 6.62. The van der Waals surface area contributed by atoms with Gasteiger partial charge in [-0.05, 0) is 37.0 Å². The highest BCUT2D eigenvalue weighted by molar-refractivity contribution is 4.97. The number of hydrazine groups is 1. The largest absolute Gasteiger partial charge is 0.269 e. The van der Waals surface area contributed by atoms with E-state index < -0.39 is 0 Å². The van der Waals surface area contributed by atoms with Gasteiger partial charge in [-0.15, -0.1) is 0 Å². The van der Waals surface area contributed by atoms with Crippen LogP contribution in [0.5, 0.6) is 0 Å². The van der Waals surface area contributed by atoms with Gasteiger partial charge in [0.25, 0.3) is 0 Å². The van der Waals surface area contributed by atoms with E-state index in [9.17, 15) is 0 Å². The summed E-state index contributed by atoms with van der Waals surface area (Å²) in [5.41, 5.74) is 0. The minimum atomic E-state index is 0.947. The molecule has 0 aromatic carbocycles. The molecule has 2 N–H and O–H groups in total. The van der Waals surface area contributed by atoms with Gasteiger partial charge in [0.15, 0.2) is 0 Å². The second-order valence-electron chi connectivity index (χ2n) is 3.94. The van der Waals surface area contributed by atoms with Gasteiger partial charge >= 0.3 is 0 Å². The van der Waals surface area contributed by atoms with Crippen LogP contribution in [-0.2, 0) is 0 Å². The molecule has 10 heavy (non-hydrogen) atoms. The highest BCUT2D eigenvalue weighted by atomic mass is 15.4. The van der Waals surface area contributed by atoms with Crippen LogP contribution in [0.15, 0.2) is 0 Å². The topological polar surface area (TPSA) is 29.3 Å². The lowest BCUT2D eigenvalue weighted by Gasteiger charge is -2.07. The number of nitrogens with zero attached hydrogens (tertiary/aromatic N) is 1. The first-order chi connectivity index (χ1) is 4.77. The van der Waals surface area contributed by atoms with Crippen molar-refractivity contribution in [2.45, 2.75) is 19.3 Å². The lowest BCUT2D eigenvalue weighted by Crippen LogP contribution is -2.28. The lowest BCUT2D eigenvalue weighted by atomic mass is 10.2. The third-order valence-electron chi connectivity index (χ3n) is 2.73. The Morgan fingerprint density at radius 1 is 1.50 bits per heavy atom. The van der Waals surface area contributed by atoms with E-state index in [2.05, 4.69) is 0 Å². The molecule has 2 heteroatoms. The molecule has 0 saturated heterocycles. The van der Waals surface area contributed by atoms with Gasteiger partial charge in [-0.25, -0.2) is 5.01 Å². The molecule has 0 bridgehead atoms. The fourth-order valence-electron chi connectivity index (χ4n) is 1.95. The van der Waals surface area contributed by atoms with Crippen molar-refractivity contribution in [3.8, 4) is 0 Å². The Kier molecular flexibility index (Phi) is 1.46. The monoisotopic (exact) mass is 140 g/mol. The van der Waals surface area contributed by atoms with Crippen molar-refractivity contribution in [3.05, 3.63) is 0 Å². The Hall–Kier alpha value is -0.0800. The molecule has 2 rings (SSSR count). The average Bonchev–Trinajstić information content (AvgIpc) is 2.49. The summed E-state index contributed by atoms with van der Waals surface area (Å²) in [5.74, 6) is 8.66. The van der Waals surface area contributed by atoms with Crippen LogP contribution in [-0.4, -0.2) is 18.6 Å². The van der Waals surface area contributed by atoms with E-state index in [-0.39, 0.29) is 0 Å². The van der Waals surface area contributed by atoms with Gasteiger partial charge in [-0.2, -0.15) is 0 Å². The standard InChI is InChI=1S/C8H16N2/c1-10(9)5-7-4-8(7)6-2-3-6/h6-8H,2-5,9H2,1H3. The fraction of sp³-hybridized carbons (Fsp3) is 1.00. The van der Waals surface area contributed by atoms with Crippen molar-refractivity contribution in [1.82, 2.24) is 5.01 Å². The smallest absolute Gasteiger partial charge is 0.0156 e. The second-order valence-corrected chi connectivity index (χ2v) is 3.94. The molecular formula is C8H16N2. The van der Waals surface area contributed by atoms with Gasteiger partial charge in [0.2, 0.25) is 0 Å². The van der Waals surface area contributed by atoms with E-state index in [1.54, 1.807) is 0 Å². The van der Waals surface area contributed by atoms with Gasteiger partial charge in [0, 0.05) is 13.6 Å². The van der Waals surface area contributed by atoms with Crippen LogP contribution in [0.2, 0.25) is 0 Å². The van der Waals surface area contributed by atoms with Crippen LogP contribution in [0, 0.1) is 17.8 Å². The van der Waals surface area contributed by atoms with Crippen molar-refractivity contribution in [2.24, 2.45) is 23.6 Å². The van der Waals surface area contributed by atoms with E-state index >= 15 is 0 Å². The van der Waals surface area contributed by atoms with E-state index in [0.29, 0.717) is 0 Å². The van der Waals surface area contributed by atoms with Gasteiger partial charge in [0.05, 0.1) is 0 Å². The van der Waals surface area contributed by atoms with Crippen LogP contribution in [0.4, 0.5) is 0 Å². The zero-order valence-corrected chi connectivity index (χ0v) is 6.59. The molecule has 0 aliphatic heterocycles. The predicted molar refractivity (Wildman–Crippen MR) is 41.1 cm³/mol. The molecule has 2 nitrogen and oxygen atoms in total. The molecule has 2 unspecified atom stereocenters. The van der Waals surface area contributed by atoms with Crippen LogP contribution >= 0.6 is 0 Å². The van der Waals surface area contributed by atoms with Crippen molar-refractivity contribution >= 4 is 0 Å². The maximum absolute atomic E-state index is 5.55. The van der Waals surface area contributed by atoms with E-state index in [0.717, 1.165) is 24.3 Å². The highest BCUT2D eigenvalue weighted by Crippen LogP contribution is 2.54. The summed E-state index contributed by atoms with van der Waals surface area (Å²) in [6.45, 7) is 1.11. The molecule has 2 atom stereocenters. The average molecular weight is 140 g/mol. The van der Waals surface area contributed by atoms with Crippen LogP contribution in [0.1, 0.15) is 19.3 Å². The van der Waals surface area contributed by atoms with Gasteiger partial charge in [0.1, 0.15) is 0 Å². The predicted octanol–water partition coefficient (Wildman–Crippen LogP) is 0.838. The van der Waals surface area contributed by atoms with Gasteiger partial charge in [-0.3, -0.25) is 5.84 Å². The highest BCUT2D eigenvalue weighted by Gasteiger charge is 2.47. The van der Waals surface area contributed by atoms with Crippen molar-refractivity contribution < 1.29 is 0 Å². The maximum atomic E-state index is 5.55. The van der Waals surface area contributed by atoms with Crippen LogP contribution in [0.25, 0.3) is 0 Å². The third kappa shape index (κ3) is 1.32. The number of hydrogen-bond acceptors (Lipinski definition) is 2. The summed E-state index contributed by atoms with van der Waals surface area (Å²) >= 11 is 0. The van der Waals surface area contributed by atoms with E-state index in [1.807, 2.05) is 12.1 Å². The molecule has 2 aliphatic carbocycles. The third-order valence-corrected chi connectivity index (χ3v) is 2.73. The van der Waals surface area contributed by atoms with E-state index in [4.69, 9.17) is 5.84 Å². The Balaban J connectivity index is 1.69. The number of hydrogen-bond donors (Lipinski definition) is 1. The summed E-state index contributed by atoms with van der Waals surface area (Å²) < 4.78 is 0. The summed E-state index contributed by atoms with van der Waals surface area (Å²) in [7, 11) is 1.96. The minimum Gasteiger partial charge on any atom is -0.269 e. The molecule has 2 saturated carbocycles. The first-order valence-corrected chi connectivity index (χ1v) is 4.23. The van der Waals surface area contributed by atoms with Crippen molar-refractivity contribution in [2.75, 3.05) is 13.6 Å². The zero-order chi connectivity index (χ0) is 7.14. The molecule has 0 aromatic rings. The maximum Gasteiger partial charge on any atom is 0.0156 e. The fourth-order valence-corrected chi connectivity index (χ4v) is 1.95. The van der Waals surface area contributed by atoms with E-state index in [1.165, 1.54) is 19.3 Å². The summed E-state index contributed by atoms with van der Waals surface area (Å²) in [6, 6.07) is 0. The number of nitrogens with two attached hydrogens (primary N) is 1. The first-order valence-electron chi connectivity index (χ1n) is 4.23. The molecule has 0 heterocycles. The molecular weight excluding hydrogens is 124 g/mol. The Labute approximate surface area is 62.4 Å². The summed E-state index contributed by atoms with van der Waals surface area (Å²) in [6.07, 6.45) is 4.44. The molecule has 0 spiro atoms. The number of rotatable bonds is 3. The SMILES string of the molecule is CN(N)CC1CC1C1CC1. The second kappa shape index (κ2) is 2.21. The normalized spacial score (nSPS) is 38.7. The molecule has 2 aliphatic rings. The zero-order valence-electron chi connectivity index (χ0n) is 6.59. The summed E-state index contributed by atoms with van der Waals surface area (Å²) in [4.78, 5) is 0. The molecule has 58 valence electrons. The Morgan fingerprint density at radius 3 is 2.70 bits per heavy atom. The molecule has 2 fully saturated rings. The van der Waals surface area contributed by atoms with Gasteiger partial charge < -0.3 is 0 Å². The summed E-state index contributed by atoms with van der Waals surface area (Å²) in [5, 5.41) is 1.83. The molecule has 0 amide bonds. The minimum absolute atomic E-state index is 0.947. The van der Waals surface area contributed by atoms with Crippen LogP contribution < -0.4 is 5.84 Å². The van der Waals surface area contributed by atoms with Crippen LogP contribution in [0.3, 0.4) is 0 Å². The van der Waals surface area contributed by atoms with Gasteiger partial charge in [-0.1, -0.05) is 0 Å². The van der Waals surface area contributed by atoms with Crippen molar-refractivity contribution in [3.63, 3.8) is 0 Å². The van der Waals surface area contributed by atoms with Crippen molar-refractivity contribution in [1.29, 1.82) is 0 Å². The Morgan fingerprint density at radius 2 is 2.20 bits per heavy atom. The Bertz CT molecular complexity index is 129. The molecule has 0 aromatic heterocycles. The quantitative estimate of drug-likeness (QED) is 0.465. The lowest BCUT2D eigenvalue weighted by molar-refractivity contribution is 0.322.